The molecule has 3 nitrogen and oxygen atoms in total. The van der Waals surface area contributed by atoms with Gasteiger partial charge in [0, 0.05) is 14.6 Å². The second-order valence-corrected chi connectivity index (χ2v) is 7.66. The maximum atomic E-state index is 12.4. The molecule has 2 aromatic rings. The second-order valence-electron chi connectivity index (χ2n) is 4.23. The maximum Gasteiger partial charge on any atom is 0.263 e. The minimum atomic E-state index is -3.62. The Morgan fingerprint density at radius 2 is 1.85 bits per heavy atom. The van der Waals surface area contributed by atoms with Gasteiger partial charge in [0.2, 0.25) is 0 Å². The van der Waals surface area contributed by atoms with E-state index in [1.54, 1.807) is 24.3 Å². The molecular weight excluding hydrogens is 406 g/mol. The van der Waals surface area contributed by atoms with E-state index in [-0.39, 0.29) is 4.90 Å². The van der Waals surface area contributed by atoms with E-state index in [1.807, 2.05) is 25.1 Å². The minimum absolute atomic E-state index is 0.203. The van der Waals surface area contributed by atoms with Gasteiger partial charge in [0.05, 0.1) is 0 Å². The van der Waals surface area contributed by atoms with Crippen LogP contribution in [0.4, 0.5) is 5.69 Å². The van der Waals surface area contributed by atoms with Crippen LogP contribution in [0.5, 0.6) is 0 Å². The molecule has 0 radical (unpaired) electrons. The highest BCUT2D eigenvalue weighted by atomic mass is 79.9. The van der Waals surface area contributed by atoms with Crippen LogP contribution in [0.1, 0.15) is 12.5 Å². The first-order valence-electron chi connectivity index (χ1n) is 5.99. The van der Waals surface area contributed by atoms with Gasteiger partial charge in [-0.05, 0) is 58.2 Å². The van der Waals surface area contributed by atoms with E-state index in [9.17, 15) is 8.42 Å². The van der Waals surface area contributed by atoms with E-state index in [1.165, 1.54) is 0 Å². The fraction of sp³-hybridized carbons (Fsp3) is 0.143. The fourth-order valence-corrected chi connectivity index (χ4v) is 4.30. The van der Waals surface area contributed by atoms with Crippen molar-refractivity contribution in [3.63, 3.8) is 0 Å². The summed E-state index contributed by atoms with van der Waals surface area (Å²) in [5.74, 6) is 0. The smallest absolute Gasteiger partial charge is 0.263 e. The van der Waals surface area contributed by atoms with Crippen LogP contribution in [0, 0.1) is 0 Å². The lowest BCUT2D eigenvalue weighted by atomic mass is 10.1. The summed E-state index contributed by atoms with van der Waals surface area (Å²) in [6.07, 6.45) is 0.857. The zero-order valence-corrected chi connectivity index (χ0v) is 14.7. The number of anilines is 1. The van der Waals surface area contributed by atoms with Gasteiger partial charge in [-0.1, -0.05) is 35.0 Å². The van der Waals surface area contributed by atoms with E-state index in [2.05, 4.69) is 36.6 Å². The molecule has 20 heavy (non-hydrogen) atoms. The molecule has 2 aromatic carbocycles. The zero-order valence-electron chi connectivity index (χ0n) is 10.7. The number of halogens is 2. The molecule has 6 heteroatoms. The SMILES string of the molecule is CCc1cccc(NS(=O)(=O)c2cc(Br)ccc2Br)c1. The molecule has 0 aliphatic rings. The third kappa shape index (κ3) is 3.62. The number of rotatable bonds is 4. The Hall–Kier alpha value is -0.850. The van der Waals surface area contributed by atoms with Gasteiger partial charge in [-0.2, -0.15) is 0 Å². The summed E-state index contributed by atoms with van der Waals surface area (Å²) in [4.78, 5) is 0.203. The molecule has 0 atom stereocenters. The third-order valence-electron chi connectivity index (χ3n) is 2.77. The summed E-state index contributed by atoms with van der Waals surface area (Å²) in [5.41, 5.74) is 1.65. The lowest BCUT2D eigenvalue weighted by Gasteiger charge is -2.11. The van der Waals surface area contributed by atoms with Gasteiger partial charge in [0.15, 0.2) is 0 Å². The molecule has 0 saturated heterocycles. The van der Waals surface area contributed by atoms with Gasteiger partial charge >= 0.3 is 0 Å². The number of hydrogen-bond donors (Lipinski definition) is 1. The van der Waals surface area contributed by atoms with Crippen LogP contribution in [-0.2, 0) is 16.4 Å². The van der Waals surface area contributed by atoms with Gasteiger partial charge in [-0.15, -0.1) is 0 Å². The molecule has 0 bridgehead atoms. The van der Waals surface area contributed by atoms with Gasteiger partial charge in [-0.3, -0.25) is 4.72 Å². The number of nitrogens with one attached hydrogen (secondary N) is 1. The molecule has 0 aliphatic heterocycles. The standard InChI is InChI=1S/C14H13Br2NO2S/c1-2-10-4-3-5-12(8-10)17-20(18,19)14-9-11(15)6-7-13(14)16/h3-9,17H,2H2,1H3. The molecule has 0 spiro atoms. The van der Waals surface area contributed by atoms with Crippen LogP contribution < -0.4 is 4.72 Å². The van der Waals surface area contributed by atoms with Crippen molar-refractivity contribution < 1.29 is 8.42 Å². The first kappa shape index (κ1) is 15.5. The van der Waals surface area contributed by atoms with Crippen molar-refractivity contribution in [3.05, 3.63) is 57.0 Å². The molecule has 0 unspecified atom stereocenters. The molecule has 1 N–H and O–H groups in total. The molecule has 0 aliphatic carbocycles. The van der Waals surface area contributed by atoms with Crippen molar-refractivity contribution in [1.29, 1.82) is 0 Å². The normalized spacial score (nSPS) is 11.3. The van der Waals surface area contributed by atoms with Crippen LogP contribution >= 0.6 is 31.9 Å². The Morgan fingerprint density at radius 3 is 2.55 bits per heavy atom. The van der Waals surface area contributed by atoms with Crippen LogP contribution in [-0.4, -0.2) is 8.42 Å². The van der Waals surface area contributed by atoms with Crippen molar-refractivity contribution in [3.8, 4) is 0 Å². The van der Waals surface area contributed by atoms with Crippen LogP contribution in [0.2, 0.25) is 0 Å². The topological polar surface area (TPSA) is 46.2 Å². The third-order valence-corrected chi connectivity index (χ3v) is 5.64. The predicted molar refractivity (Wildman–Crippen MR) is 88.5 cm³/mol. The summed E-state index contributed by atoms with van der Waals surface area (Å²) in [5, 5.41) is 0. The zero-order chi connectivity index (χ0) is 14.8. The van der Waals surface area contributed by atoms with Gasteiger partial charge < -0.3 is 0 Å². The molecule has 106 valence electrons. The number of benzene rings is 2. The molecule has 0 amide bonds. The summed E-state index contributed by atoms with van der Waals surface area (Å²) < 4.78 is 28.7. The number of aryl methyl sites for hydroxylation is 1. The molecule has 2 rings (SSSR count). The number of sulfonamides is 1. The van der Waals surface area contributed by atoms with Gasteiger partial charge in [0.1, 0.15) is 4.90 Å². The Balaban J connectivity index is 2.38. The number of hydrogen-bond acceptors (Lipinski definition) is 2. The Kier molecular flexibility index (Phi) is 4.88. The van der Waals surface area contributed by atoms with Gasteiger partial charge in [0.25, 0.3) is 10.0 Å². The Labute approximate surface area is 135 Å². The monoisotopic (exact) mass is 417 g/mol. The second kappa shape index (κ2) is 6.28. The predicted octanol–water partition coefficient (Wildman–Crippen LogP) is 4.57. The minimum Gasteiger partial charge on any atom is -0.280 e. The van der Waals surface area contributed by atoms with Crippen molar-refractivity contribution in [1.82, 2.24) is 0 Å². The first-order valence-corrected chi connectivity index (χ1v) is 9.06. The molecule has 0 aromatic heterocycles. The average Bonchev–Trinajstić information content (AvgIpc) is 2.41. The molecule has 0 heterocycles. The maximum absolute atomic E-state index is 12.4. The van der Waals surface area contributed by atoms with Gasteiger partial charge in [-0.25, -0.2) is 8.42 Å². The van der Waals surface area contributed by atoms with Crippen LogP contribution in [0.25, 0.3) is 0 Å². The average molecular weight is 419 g/mol. The van der Waals surface area contributed by atoms with Crippen molar-refractivity contribution in [2.75, 3.05) is 4.72 Å². The highest BCUT2D eigenvalue weighted by Gasteiger charge is 2.18. The lowest BCUT2D eigenvalue weighted by molar-refractivity contribution is 0.600. The van der Waals surface area contributed by atoms with Crippen molar-refractivity contribution >= 4 is 47.6 Å². The van der Waals surface area contributed by atoms with Crippen LogP contribution in [0.3, 0.4) is 0 Å². The van der Waals surface area contributed by atoms with Crippen LogP contribution in [0.15, 0.2) is 56.3 Å². The summed E-state index contributed by atoms with van der Waals surface area (Å²) in [7, 11) is -3.62. The van der Waals surface area contributed by atoms with E-state index in [0.717, 1.165) is 12.0 Å². The van der Waals surface area contributed by atoms with E-state index in [0.29, 0.717) is 14.6 Å². The summed E-state index contributed by atoms with van der Waals surface area (Å²) in [6.45, 7) is 2.03. The molecule has 0 fully saturated rings. The highest BCUT2D eigenvalue weighted by molar-refractivity contribution is 9.11. The fourth-order valence-electron chi connectivity index (χ4n) is 1.75. The van der Waals surface area contributed by atoms with Crippen molar-refractivity contribution in [2.24, 2.45) is 0 Å². The summed E-state index contributed by atoms with van der Waals surface area (Å²) >= 11 is 6.55. The molecule has 0 saturated carbocycles. The van der Waals surface area contributed by atoms with E-state index in [4.69, 9.17) is 0 Å². The Morgan fingerprint density at radius 1 is 1.10 bits per heavy atom. The first-order chi connectivity index (χ1) is 9.42. The van der Waals surface area contributed by atoms with Crippen molar-refractivity contribution in [2.45, 2.75) is 18.2 Å². The largest absolute Gasteiger partial charge is 0.280 e. The quantitative estimate of drug-likeness (QED) is 0.789. The van der Waals surface area contributed by atoms with E-state index >= 15 is 0 Å². The molecular formula is C14H13Br2NO2S. The Bertz CT molecular complexity index is 730. The lowest BCUT2D eigenvalue weighted by Crippen LogP contribution is -2.13. The highest BCUT2D eigenvalue weighted by Crippen LogP contribution is 2.27. The van der Waals surface area contributed by atoms with E-state index < -0.39 is 10.0 Å². The summed E-state index contributed by atoms with van der Waals surface area (Å²) in [6, 6.07) is 12.4.